The van der Waals surface area contributed by atoms with Gasteiger partial charge in [-0.3, -0.25) is 9.59 Å². The predicted octanol–water partition coefficient (Wildman–Crippen LogP) is 4.81. The number of carbonyl (C=O) groups excluding carboxylic acids is 1. The number of amides is 1. The first-order valence-electron chi connectivity index (χ1n) is 11.1. The van der Waals surface area contributed by atoms with E-state index < -0.39 is 5.54 Å². The minimum atomic E-state index is -1.26. The Kier molecular flexibility index (Phi) is 5.70. The van der Waals surface area contributed by atoms with Crippen molar-refractivity contribution in [2.45, 2.75) is 19.4 Å². The molecule has 1 amide bonds. The Labute approximate surface area is 201 Å². The fourth-order valence-corrected chi connectivity index (χ4v) is 3.63. The van der Waals surface area contributed by atoms with Crippen LogP contribution in [0.15, 0.2) is 89.7 Å². The summed E-state index contributed by atoms with van der Waals surface area (Å²) < 4.78 is 17.8. The van der Waals surface area contributed by atoms with Crippen molar-refractivity contribution in [3.63, 3.8) is 0 Å². The van der Waals surface area contributed by atoms with Gasteiger partial charge in [-0.15, -0.1) is 0 Å². The summed E-state index contributed by atoms with van der Waals surface area (Å²) >= 11 is 0. The van der Waals surface area contributed by atoms with Crippen molar-refractivity contribution in [1.29, 1.82) is 0 Å². The van der Waals surface area contributed by atoms with E-state index in [1.54, 1.807) is 56.3 Å². The Morgan fingerprint density at radius 2 is 1.63 bits per heavy atom. The molecule has 1 aliphatic heterocycles. The largest absolute Gasteiger partial charge is 0.457 e. The number of para-hydroxylation sites is 1. The monoisotopic (exact) mass is 469 g/mol. The highest BCUT2D eigenvalue weighted by Crippen LogP contribution is 2.35. The number of benzene rings is 3. The molecule has 176 valence electrons. The summed E-state index contributed by atoms with van der Waals surface area (Å²) in [4.78, 5) is 25.9. The lowest BCUT2D eigenvalue weighted by molar-refractivity contribution is -0.123. The minimum absolute atomic E-state index is 0.165. The second kappa shape index (κ2) is 8.98. The molecule has 3 aromatic carbocycles. The van der Waals surface area contributed by atoms with Crippen molar-refractivity contribution in [3.05, 3.63) is 95.3 Å². The molecular formula is C27H23N3O5. The smallest absolute Gasteiger partial charge is 0.267 e. The number of nitrogens with zero attached hydrogens (tertiary/aromatic N) is 2. The van der Waals surface area contributed by atoms with Crippen LogP contribution in [0.1, 0.15) is 13.8 Å². The number of aromatic nitrogens is 2. The van der Waals surface area contributed by atoms with Gasteiger partial charge in [0.1, 0.15) is 17.0 Å². The van der Waals surface area contributed by atoms with Gasteiger partial charge in [0.2, 0.25) is 6.79 Å². The van der Waals surface area contributed by atoms with Crippen LogP contribution in [0.4, 0.5) is 5.69 Å². The molecule has 0 radical (unpaired) electrons. The Morgan fingerprint density at radius 1 is 0.914 bits per heavy atom. The molecule has 1 N–H and O–H groups in total. The van der Waals surface area contributed by atoms with Gasteiger partial charge in [-0.2, -0.15) is 5.10 Å². The van der Waals surface area contributed by atoms with Gasteiger partial charge in [0.05, 0.1) is 5.69 Å². The van der Waals surface area contributed by atoms with Gasteiger partial charge in [0.25, 0.3) is 11.5 Å². The first-order chi connectivity index (χ1) is 16.9. The molecule has 0 aliphatic carbocycles. The highest BCUT2D eigenvalue weighted by molar-refractivity contribution is 5.96. The first kappa shape index (κ1) is 22.2. The van der Waals surface area contributed by atoms with Gasteiger partial charge >= 0.3 is 0 Å². The van der Waals surface area contributed by atoms with Crippen LogP contribution in [0.2, 0.25) is 0 Å². The number of rotatable bonds is 6. The van der Waals surface area contributed by atoms with Crippen LogP contribution < -0.4 is 25.1 Å². The molecule has 35 heavy (non-hydrogen) atoms. The van der Waals surface area contributed by atoms with E-state index >= 15 is 0 Å². The van der Waals surface area contributed by atoms with Crippen LogP contribution >= 0.6 is 0 Å². The lowest BCUT2D eigenvalue weighted by Crippen LogP contribution is -2.47. The van der Waals surface area contributed by atoms with E-state index in [0.717, 1.165) is 11.3 Å². The molecule has 5 rings (SSSR count). The molecule has 8 heteroatoms. The van der Waals surface area contributed by atoms with Gasteiger partial charge in [0.15, 0.2) is 11.5 Å². The molecule has 0 bridgehead atoms. The fraction of sp³-hybridized carbons (Fsp3) is 0.148. The average Bonchev–Trinajstić information content (AvgIpc) is 3.34. The maximum Gasteiger partial charge on any atom is 0.267 e. The molecule has 0 saturated heterocycles. The topological polar surface area (TPSA) is 91.7 Å². The number of hydrogen-bond acceptors (Lipinski definition) is 6. The van der Waals surface area contributed by atoms with Crippen molar-refractivity contribution in [2.75, 3.05) is 12.1 Å². The SMILES string of the molecule is CC(C)(C(=O)Nc1ccc(Oc2ccccc2)cc1)n1nc(-c2ccc3c(c2)OCO3)ccc1=O. The van der Waals surface area contributed by atoms with Crippen LogP contribution in [0.25, 0.3) is 11.3 Å². The maximum atomic E-state index is 13.2. The van der Waals surface area contributed by atoms with Crippen LogP contribution in [0.3, 0.4) is 0 Å². The van der Waals surface area contributed by atoms with E-state index in [1.807, 2.05) is 36.4 Å². The van der Waals surface area contributed by atoms with Crippen molar-refractivity contribution in [3.8, 4) is 34.3 Å². The lowest BCUT2D eigenvalue weighted by Gasteiger charge is -2.25. The van der Waals surface area contributed by atoms with Gasteiger partial charge < -0.3 is 19.5 Å². The van der Waals surface area contributed by atoms with E-state index in [-0.39, 0.29) is 18.3 Å². The highest BCUT2D eigenvalue weighted by atomic mass is 16.7. The summed E-state index contributed by atoms with van der Waals surface area (Å²) in [7, 11) is 0. The third-order valence-electron chi connectivity index (χ3n) is 5.64. The summed E-state index contributed by atoms with van der Waals surface area (Å²) in [6, 6.07) is 24.9. The third-order valence-corrected chi connectivity index (χ3v) is 5.64. The van der Waals surface area contributed by atoms with Crippen molar-refractivity contribution in [1.82, 2.24) is 9.78 Å². The number of carbonyl (C=O) groups is 1. The molecule has 8 nitrogen and oxygen atoms in total. The second-order valence-corrected chi connectivity index (χ2v) is 8.49. The molecular weight excluding hydrogens is 446 g/mol. The van der Waals surface area contributed by atoms with Crippen molar-refractivity contribution < 1.29 is 19.0 Å². The van der Waals surface area contributed by atoms with E-state index in [2.05, 4.69) is 10.4 Å². The van der Waals surface area contributed by atoms with Gasteiger partial charge in [-0.1, -0.05) is 18.2 Å². The van der Waals surface area contributed by atoms with Crippen molar-refractivity contribution in [2.24, 2.45) is 0 Å². The summed E-state index contributed by atoms with van der Waals surface area (Å²) in [5.41, 5.74) is 0.201. The van der Waals surface area contributed by atoms with E-state index in [9.17, 15) is 9.59 Å². The molecule has 0 fully saturated rings. The lowest BCUT2D eigenvalue weighted by atomic mass is 10.0. The summed E-state index contributed by atoms with van der Waals surface area (Å²) in [6.45, 7) is 3.46. The number of hydrogen-bond donors (Lipinski definition) is 1. The molecule has 4 aromatic rings. The molecule has 0 saturated carbocycles. The fourth-order valence-electron chi connectivity index (χ4n) is 3.63. The van der Waals surface area contributed by atoms with Crippen molar-refractivity contribution >= 4 is 11.6 Å². The molecule has 1 aromatic heterocycles. The zero-order chi connectivity index (χ0) is 24.4. The number of fused-ring (bicyclic) bond motifs is 1. The van der Waals surface area contributed by atoms with Crippen LogP contribution in [0.5, 0.6) is 23.0 Å². The van der Waals surface area contributed by atoms with Crippen LogP contribution in [-0.2, 0) is 10.3 Å². The second-order valence-electron chi connectivity index (χ2n) is 8.49. The first-order valence-corrected chi connectivity index (χ1v) is 11.1. The third kappa shape index (κ3) is 4.59. The quantitative estimate of drug-likeness (QED) is 0.436. The normalized spacial score (nSPS) is 12.3. The Balaban J connectivity index is 1.34. The van der Waals surface area contributed by atoms with Crippen LogP contribution in [0, 0.1) is 0 Å². The summed E-state index contributed by atoms with van der Waals surface area (Å²) in [5, 5.41) is 7.35. The number of anilines is 1. The minimum Gasteiger partial charge on any atom is -0.457 e. The Morgan fingerprint density at radius 3 is 2.40 bits per heavy atom. The van der Waals surface area contributed by atoms with Gasteiger partial charge in [0, 0.05) is 17.3 Å². The Hall–Kier alpha value is -4.59. The predicted molar refractivity (Wildman–Crippen MR) is 131 cm³/mol. The van der Waals surface area contributed by atoms with E-state index in [1.165, 1.54) is 10.7 Å². The molecule has 1 aliphatic rings. The van der Waals surface area contributed by atoms with Gasteiger partial charge in [-0.25, -0.2) is 4.68 Å². The highest BCUT2D eigenvalue weighted by Gasteiger charge is 2.32. The molecule has 0 unspecified atom stereocenters. The molecule has 2 heterocycles. The van der Waals surface area contributed by atoms with Gasteiger partial charge in [-0.05, 0) is 74.5 Å². The zero-order valence-electron chi connectivity index (χ0n) is 19.2. The van der Waals surface area contributed by atoms with E-state index in [4.69, 9.17) is 14.2 Å². The maximum absolute atomic E-state index is 13.2. The average molecular weight is 469 g/mol. The molecule has 0 spiro atoms. The summed E-state index contributed by atoms with van der Waals surface area (Å²) in [6.07, 6.45) is 0. The summed E-state index contributed by atoms with van der Waals surface area (Å²) in [5.74, 6) is 2.24. The number of ether oxygens (including phenoxy) is 3. The molecule has 0 atom stereocenters. The van der Waals surface area contributed by atoms with Crippen LogP contribution in [-0.4, -0.2) is 22.5 Å². The Bertz CT molecular complexity index is 1430. The number of nitrogens with one attached hydrogen (secondary N) is 1. The van der Waals surface area contributed by atoms with E-state index in [0.29, 0.717) is 28.6 Å². The zero-order valence-corrected chi connectivity index (χ0v) is 19.2. The standard InChI is InChI=1S/C27H23N3O5/c1-27(2,26(32)28-19-9-11-21(12-10-19)35-20-6-4-3-5-7-20)30-25(31)15-13-22(29-30)18-8-14-23-24(16-18)34-17-33-23/h3-16H,17H2,1-2H3,(H,28,32).